The van der Waals surface area contributed by atoms with Gasteiger partial charge in [0, 0.05) is 22.9 Å². The molecule has 0 unspecified atom stereocenters. The SMILES string of the molecule is Cc1cnc(/N=C/c2ccccc2O)s1. The average molecular weight is 218 g/mol. The van der Waals surface area contributed by atoms with Crippen LogP contribution in [-0.2, 0) is 0 Å². The van der Waals surface area contributed by atoms with Crippen molar-refractivity contribution in [1.82, 2.24) is 4.98 Å². The van der Waals surface area contributed by atoms with Crippen molar-refractivity contribution >= 4 is 22.7 Å². The number of nitrogens with zero attached hydrogens (tertiary/aromatic N) is 2. The highest BCUT2D eigenvalue weighted by atomic mass is 32.1. The van der Waals surface area contributed by atoms with E-state index in [0.717, 1.165) is 4.88 Å². The molecule has 0 atom stereocenters. The van der Waals surface area contributed by atoms with Crippen LogP contribution in [-0.4, -0.2) is 16.3 Å². The molecule has 1 aromatic carbocycles. The van der Waals surface area contributed by atoms with Gasteiger partial charge in [0.05, 0.1) is 0 Å². The molecule has 0 saturated carbocycles. The van der Waals surface area contributed by atoms with Crippen LogP contribution in [0.25, 0.3) is 0 Å². The van der Waals surface area contributed by atoms with Crippen LogP contribution in [0.5, 0.6) is 5.75 Å². The van der Waals surface area contributed by atoms with E-state index in [4.69, 9.17) is 0 Å². The Balaban J connectivity index is 2.22. The Hall–Kier alpha value is -1.68. The molecule has 0 aliphatic rings. The molecule has 0 saturated heterocycles. The molecule has 3 nitrogen and oxygen atoms in total. The molecule has 0 amide bonds. The van der Waals surface area contributed by atoms with Gasteiger partial charge in [0.1, 0.15) is 5.75 Å². The number of benzene rings is 1. The molecule has 76 valence electrons. The quantitative estimate of drug-likeness (QED) is 0.788. The minimum absolute atomic E-state index is 0.231. The third-order valence-corrected chi connectivity index (χ3v) is 2.68. The van der Waals surface area contributed by atoms with Gasteiger partial charge < -0.3 is 5.11 Å². The van der Waals surface area contributed by atoms with E-state index in [0.29, 0.717) is 10.7 Å². The van der Waals surface area contributed by atoms with Gasteiger partial charge in [0.15, 0.2) is 0 Å². The summed E-state index contributed by atoms with van der Waals surface area (Å²) in [5.74, 6) is 0.231. The van der Waals surface area contributed by atoms with Crippen LogP contribution in [0.15, 0.2) is 35.5 Å². The van der Waals surface area contributed by atoms with E-state index in [1.807, 2.05) is 13.0 Å². The normalized spacial score (nSPS) is 11.0. The van der Waals surface area contributed by atoms with E-state index in [2.05, 4.69) is 9.98 Å². The van der Waals surface area contributed by atoms with Gasteiger partial charge in [-0.25, -0.2) is 9.98 Å². The first kappa shape index (κ1) is 9.86. The predicted molar refractivity (Wildman–Crippen MR) is 62.2 cm³/mol. The molecule has 1 N–H and O–H groups in total. The third-order valence-electron chi connectivity index (χ3n) is 1.86. The lowest BCUT2D eigenvalue weighted by atomic mass is 10.2. The molecule has 4 heteroatoms. The van der Waals surface area contributed by atoms with E-state index in [1.165, 1.54) is 11.3 Å². The van der Waals surface area contributed by atoms with Crippen molar-refractivity contribution in [3.63, 3.8) is 0 Å². The van der Waals surface area contributed by atoms with Crippen LogP contribution < -0.4 is 0 Å². The smallest absolute Gasteiger partial charge is 0.209 e. The highest BCUT2D eigenvalue weighted by Gasteiger charge is 1.97. The Kier molecular flexibility index (Phi) is 2.78. The number of thiazole rings is 1. The highest BCUT2D eigenvalue weighted by molar-refractivity contribution is 7.15. The highest BCUT2D eigenvalue weighted by Crippen LogP contribution is 2.20. The summed E-state index contributed by atoms with van der Waals surface area (Å²) in [4.78, 5) is 9.40. The van der Waals surface area contributed by atoms with Gasteiger partial charge in [-0.1, -0.05) is 12.1 Å². The van der Waals surface area contributed by atoms with Crippen LogP contribution in [0.2, 0.25) is 0 Å². The minimum Gasteiger partial charge on any atom is -0.507 e. The maximum absolute atomic E-state index is 9.49. The van der Waals surface area contributed by atoms with Crippen molar-refractivity contribution in [1.29, 1.82) is 0 Å². The van der Waals surface area contributed by atoms with E-state index in [9.17, 15) is 5.11 Å². The first-order chi connectivity index (χ1) is 7.25. The van der Waals surface area contributed by atoms with Gasteiger partial charge in [-0.3, -0.25) is 0 Å². The monoisotopic (exact) mass is 218 g/mol. The van der Waals surface area contributed by atoms with Crippen molar-refractivity contribution in [2.24, 2.45) is 4.99 Å². The average Bonchev–Trinajstić information content (AvgIpc) is 2.63. The summed E-state index contributed by atoms with van der Waals surface area (Å²) < 4.78 is 0. The van der Waals surface area contributed by atoms with Crippen LogP contribution >= 0.6 is 11.3 Å². The number of aliphatic imine (C=N–C) groups is 1. The Labute approximate surface area is 91.8 Å². The molecule has 0 aliphatic heterocycles. The van der Waals surface area contributed by atoms with Crippen LogP contribution in [0.4, 0.5) is 5.13 Å². The molecule has 2 rings (SSSR count). The van der Waals surface area contributed by atoms with Crippen molar-refractivity contribution in [3.8, 4) is 5.75 Å². The topological polar surface area (TPSA) is 45.5 Å². The predicted octanol–water partition coefficient (Wildman–Crippen LogP) is 2.91. The Morgan fingerprint density at radius 3 is 2.87 bits per heavy atom. The summed E-state index contributed by atoms with van der Waals surface area (Å²) in [7, 11) is 0. The largest absolute Gasteiger partial charge is 0.507 e. The molecule has 2 aromatic rings. The maximum Gasteiger partial charge on any atom is 0.209 e. The fourth-order valence-corrected chi connectivity index (χ4v) is 1.73. The van der Waals surface area contributed by atoms with Crippen molar-refractivity contribution < 1.29 is 5.11 Å². The first-order valence-corrected chi connectivity index (χ1v) is 5.32. The summed E-state index contributed by atoms with van der Waals surface area (Å²) in [6.45, 7) is 1.98. The van der Waals surface area contributed by atoms with Gasteiger partial charge in [0.25, 0.3) is 0 Å². The van der Waals surface area contributed by atoms with Crippen molar-refractivity contribution in [3.05, 3.63) is 40.9 Å². The summed E-state index contributed by atoms with van der Waals surface area (Å²) in [6.07, 6.45) is 3.40. The second kappa shape index (κ2) is 4.23. The lowest BCUT2D eigenvalue weighted by Crippen LogP contribution is -1.80. The van der Waals surface area contributed by atoms with Crippen LogP contribution in [0.3, 0.4) is 0 Å². The van der Waals surface area contributed by atoms with Crippen molar-refractivity contribution in [2.45, 2.75) is 6.92 Å². The van der Waals surface area contributed by atoms with E-state index in [-0.39, 0.29) is 5.75 Å². The van der Waals surface area contributed by atoms with Crippen molar-refractivity contribution in [2.75, 3.05) is 0 Å². The molecule has 1 aromatic heterocycles. The number of aromatic nitrogens is 1. The molecule has 1 heterocycles. The zero-order valence-electron chi connectivity index (χ0n) is 8.21. The first-order valence-electron chi connectivity index (χ1n) is 4.50. The van der Waals surface area contributed by atoms with Gasteiger partial charge in [0.2, 0.25) is 5.13 Å². The number of aryl methyl sites for hydroxylation is 1. The summed E-state index contributed by atoms with van der Waals surface area (Å²) in [6, 6.07) is 7.07. The maximum atomic E-state index is 9.49. The van der Waals surface area contributed by atoms with Crippen LogP contribution in [0.1, 0.15) is 10.4 Å². The molecule has 15 heavy (non-hydrogen) atoms. The number of phenols is 1. The second-order valence-electron chi connectivity index (χ2n) is 3.07. The van der Waals surface area contributed by atoms with Crippen LogP contribution in [0, 0.1) is 6.92 Å². The van der Waals surface area contributed by atoms with Gasteiger partial charge in [-0.15, -0.1) is 11.3 Å². The number of phenolic OH excluding ortho intramolecular Hbond substituents is 1. The second-order valence-corrected chi connectivity index (χ2v) is 4.28. The molecule has 0 radical (unpaired) electrons. The van der Waals surface area contributed by atoms with Gasteiger partial charge in [-0.05, 0) is 19.1 Å². The number of hydrogen-bond donors (Lipinski definition) is 1. The van der Waals surface area contributed by atoms with Gasteiger partial charge >= 0.3 is 0 Å². The molecule has 0 bridgehead atoms. The molecular formula is C11H10N2OS. The summed E-state index contributed by atoms with van der Waals surface area (Å²) >= 11 is 1.52. The molecule has 0 aliphatic carbocycles. The number of hydrogen-bond acceptors (Lipinski definition) is 4. The molecular weight excluding hydrogens is 208 g/mol. The zero-order chi connectivity index (χ0) is 10.7. The third kappa shape index (κ3) is 2.41. The van der Waals surface area contributed by atoms with E-state index < -0.39 is 0 Å². The fourth-order valence-electron chi connectivity index (χ4n) is 1.12. The van der Waals surface area contributed by atoms with E-state index in [1.54, 1.807) is 30.6 Å². The lowest BCUT2D eigenvalue weighted by molar-refractivity contribution is 0.474. The fraction of sp³-hybridized carbons (Fsp3) is 0.0909. The summed E-state index contributed by atoms with van der Waals surface area (Å²) in [5.41, 5.74) is 0.699. The number of para-hydroxylation sites is 1. The standard InChI is InChI=1S/C11H10N2OS/c1-8-6-12-11(15-8)13-7-9-4-2-3-5-10(9)14/h2-7,14H,1H3/b13-7+. The molecule has 0 spiro atoms. The Morgan fingerprint density at radius 2 is 2.20 bits per heavy atom. The lowest BCUT2D eigenvalue weighted by Gasteiger charge is -1.95. The summed E-state index contributed by atoms with van der Waals surface area (Å²) in [5, 5.41) is 10.2. The number of aromatic hydroxyl groups is 1. The Morgan fingerprint density at radius 1 is 1.40 bits per heavy atom. The van der Waals surface area contributed by atoms with Gasteiger partial charge in [-0.2, -0.15) is 0 Å². The minimum atomic E-state index is 0.231. The zero-order valence-corrected chi connectivity index (χ0v) is 9.03. The Bertz CT molecular complexity index is 491. The molecule has 0 fully saturated rings. The van der Waals surface area contributed by atoms with E-state index >= 15 is 0 Å². The number of rotatable bonds is 2.